The predicted octanol–water partition coefficient (Wildman–Crippen LogP) is 9.10. The van der Waals surface area contributed by atoms with Crippen molar-refractivity contribution in [2.24, 2.45) is 0 Å². The molecular formula is C41H40IrN4+. The summed E-state index contributed by atoms with van der Waals surface area (Å²) in [5.74, 6) is 0. The van der Waals surface area contributed by atoms with Gasteiger partial charge in [0.15, 0.2) is 0 Å². The van der Waals surface area contributed by atoms with Crippen LogP contribution in [-0.4, -0.2) is 16.6 Å². The molecule has 3 heterocycles. The zero-order valence-corrected chi connectivity index (χ0v) is 30.1. The maximum atomic E-state index is 4.22. The molecule has 0 radical (unpaired) electrons. The quantitative estimate of drug-likeness (QED) is 0.130. The maximum absolute atomic E-state index is 4.22. The van der Waals surface area contributed by atoms with E-state index >= 15 is 0 Å². The van der Waals surface area contributed by atoms with Crippen LogP contribution in [0.1, 0.15) is 62.8 Å². The Bertz CT molecular complexity index is 1980. The fraction of sp³-hybridized carbons (Fsp3) is 0.268. The van der Waals surface area contributed by atoms with Crippen LogP contribution in [0.5, 0.6) is 0 Å². The first kappa shape index (κ1) is 31.9. The van der Waals surface area contributed by atoms with Crippen molar-refractivity contribution >= 4 is 22.4 Å². The molecule has 232 valence electrons. The summed E-state index contributed by atoms with van der Waals surface area (Å²) in [5, 5.41) is 0. The van der Waals surface area contributed by atoms with E-state index in [4.69, 9.17) is 0 Å². The maximum Gasteiger partial charge on any atom is 3.00 e. The van der Waals surface area contributed by atoms with Gasteiger partial charge in [0, 0.05) is 11.9 Å². The minimum atomic E-state index is 0. The van der Waals surface area contributed by atoms with Crippen molar-refractivity contribution < 1.29 is 24.7 Å². The summed E-state index contributed by atoms with van der Waals surface area (Å²) < 4.78 is 4.46. The van der Waals surface area contributed by atoms with Crippen LogP contribution >= 0.6 is 0 Å². The molecule has 1 aliphatic heterocycles. The van der Waals surface area contributed by atoms with Gasteiger partial charge in [-0.05, 0) is 68.4 Å². The molecule has 0 saturated carbocycles. The minimum absolute atomic E-state index is 0. The van der Waals surface area contributed by atoms with Crippen LogP contribution in [0.2, 0.25) is 0 Å². The van der Waals surface area contributed by atoms with E-state index in [9.17, 15) is 0 Å². The number of pyridine rings is 1. The van der Waals surface area contributed by atoms with Crippen LogP contribution in [-0.2, 0) is 30.9 Å². The predicted molar refractivity (Wildman–Crippen MR) is 184 cm³/mol. The van der Waals surface area contributed by atoms with Gasteiger partial charge in [-0.25, -0.2) is 0 Å². The van der Waals surface area contributed by atoms with Crippen molar-refractivity contribution in [2.75, 3.05) is 11.9 Å². The minimum Gasteiger partial charge on any atom is -0.404 e. The Labute approximate surface area is 287 Å². The van der Waals surface area contributed by atoms with E-state index in [1.165, 1.54) is 57.5 Å². The number of para-hydroxylation sites is 1. The standard InChI is InChI=1S/C30H32N3.C11H8N.Ir/c1-19-13-20(2)15-21(14-19)32-18-33-27-17-23-22(29(3,4)11-12-30(23,5)6)16-26(27)31(7)24-9-8-10-25(32)28(24)33;1-2-6-10(7-3-1)11-8-4-5-9-12-11;/h8-10,13-16H,11-12H2,1-7H3;1-6,8-9H;/q2*-1;+3. The zero-order chi connectivity index (χ0) is 31.5. The van der Waals surface area contributed by atoms with Gasteiger partial charge in [0.05, 0.1) is 11.2 Å². The van der Waals surface area contributed by atoms with Crippen molar-refractivity contribution in [3.8, 4) is 22.6 Å². The molecule has 8 rings (SSSR count). The number of aromatic nitrogens is 3. The number of aryl methyl sites for hydroxylation is 2. The second-order valence-corrected chi connectivity index (χ2v) is 13.9. The van der Waals surface area contributed by atoms with Gasteiger partial charge < -0.3 is 14.5 Å². The number of benzene rings is 4. The smallest absolute Gasteiger partial charge is 0.404 e. The summed E-state index contributed by atoms with van der Waals surface area (Å²) in [6, 6.07) is 36.5. The normalized spacial score (nSPS) is 15.2. The number of rotatable bonds is 2. The third kappa shape index (κ3) is 5.50. The molecule has 0 N–H and O–H groups in total. The molecule has 2 aliphatic rings. The van der Waals surface area contributed by atoms with Gasteiger partial charge in [-0.1, -0.05) is 86.7 Å². The molecule has 0 amide bonds. The fourth-order valence-electron chi connectivity index (χ4n) is 6.95. The number of hydrogen-bond acceptors (Lipinski definition) is 2. The van der Waals surface area contributed by atoms with Crippen LogP contribution in [0, 0.1) is 32.3 Å². The summed E-state index contributed by atoms with van der Waals surface area (Å²) in [6.07, 6.45) is 7.88. The van der Waals surface area contributed by atoms with Gasteiger partial charge in [0.25, 0.3) is 6.33 Å². The van der Waals surface area contributed by atoms with Gasteiger partial charge in [-0.3, -0.25) is 4.57 Å². The molecule has 0 saturated heterocycles. The molecular weight excluding hydrogens is 741 g/mol. The van der Waals surface area contributed by atoms with Crippen LogP contribution in [0.25, 0.3) is 33.7 Å². The third-order valence-corrected chi connectivity index (χ3v) is 9.54. The van der Waals surface area contributed by atoms with Crippen molar-refractivity contribution in [2.45, 2.75) is 65.2 Å². The first-order chi connectivity index (χ1) is 21.5. The van der Waals surface area contributed by atoms with E-state index in [1.54, 1.807) is 6.20 Å². The summed E-state index contributed by atoms with van der Waals surface area (Å²) in [7, 11) is 2.19. The van der Waals surface area contributed by atoms with Crippen molar-refractivity contribution in [1.29, 1.82) is 0 Å². The Morgan fingerprint density at radius 2 is 1.54 bits per heavy atom. The van der Waals surface area contributed by atoms with Crippen molar-refractivity contribution in [3.05, 3.63) is 132 Å². The van der Waals surface area contributed by atoms with E-state index < -0.39 is 0 Å². The molecule has 5 heteroatoms. The molecule has 0 fully saturated rings. The van der Waals surface area contributed by atoms with E-state index in [1.807, 2.05) is 42.5 Å². The van der Waals surface area contributed by atoms with Crippen LogP contribution in [0.15, 0.2) is 91.1 Å². The van der Waals surface area contributed by atoms with Crippen molar-refractivity contribution in [3.63, 3.8) is 0 Å². The second-order valence-electron chi connectivity index (χ2n) is 13.9. The summed E-state index contributed by atoms with van der Waals surface area (Å²) in [4.78, 5) is 6.56. The third-order valence-electron chi connectivity index (χ3n) is 9.54. The Morgan fingerprint density at radius 3 is 2.24 bits per heavy atom. The van der Waals surface area contributed by atoms with E-state index in [0.717, 1.165) is 22.6 Å². The van der Waals surface area contributed by atoms with Crippen LogP contribution in [0.3, 0.4) is 0 Å². The molecule has 1 aliphatic carbocycles. The first-order valence-electron chi connectivity index (χ1n) is 15.8. The molecule has 0 bridgehead atoms. The molecule has 4 aromatic carbocycles. The summed E-state index contributed by atoms with van der Waals surface area (Å²) >= 11 is 0. The average Bonchev–Trinajstić information content (AvgIpc) is 3.43. The monoisotopic (exact) mass is 781 g/mol. The zero-order valence-electron chi connectivity index (χ0n) is 27.7. The number of fused-ring (bicyclic) bond motifs is 3. The fourth-order valence-corrected chi connectivity index (χ4v) is 6.95. The molecule has 4 nitrogen and oxygen atoms in total. The van der Waals surface area contributed by atoms with E-state index in [0.29, 0.717) is 0 Å². The number of anilines is 2. The van der Waals surface area contributed by atoms with E-state index in [-0.39, 0.29) is 30.9 Å². The molecule has 6 aromatic rings. The Kier molecular flexibility index (Phi) is 8.29. The van der Waals surface area contributed by atoms with Gasteiger partial charge >= 0.3 is 20.1 Å². The Balaban J connectivity index is 0.000000241. The van der Waals surface area contributed by atoms with E-state index in [2.05, 4.69) is 129 Å². The summed E-state index contributed by atoms with van der Waals surface area (Å²) in [6.45, 7) is 13.8. The van der Waals surface area contributed by atoms with Crippen LogP contribution in [0.4, 0.5) is 11.4 Å². The second kappa shape index (κ2) is 12.0. The number of nitrogens with zero attached hydrogens (tertiary/aromatic N) is 4. The SMILES string of the molecule is Cc1cc(C)cc(-n2[c-][n+]3c4c(cccc42)N(C)c2cc4c([c-]c2-3)C(C)(C)CCC4(C)C)c1.[Ir+3].[c-]1ccccc1-c1ccccn1. The first-order valence-corrected chi connectivity index (χ1v) is 15.8. The van der Waals surface area contributed by atoms with Gasteiger partial charge in [-0.15, -0.1) is 47.5 Å². The molecule has 2 aromatic heterocycles. The molecule has 0 unspecified atom stereocenters. The van der Waals surface area contributed by atoms with Crippen molar-refractivity contribution in [1.82, 2.24) is 9.55 Å². The molecule has 46 heavy (non-hydrogen) atoms. The summed E-state index contributed by atoms with van der Waals surface area (Å²) in [5.41, 5.74) is 14.6. The number of hydrogen-bond donors (Lipinski definition) is 0. The Hall–Kier alpha value is -4.05. The van der Waals surface area contributed by atoms with Gasteiger partial charge in [0.1, 0.15) is 5.52 Å². The van der Waals surface area contributed by atoms with Gasteiger partial charge in [-0.2, -0.15) is 11.6 Å². The van der Waals surface area contributed by atoms with Crippen LogP contribution < -0.4 is 9.47 Å². The molecule has 0 atom stereocenters. The topological polar surface area (TPSA) is 24.9 Å². The van der Waals surface area contributed by atoms with Gasteiger partial charge in [0.2, 0.25) is 0 Å². The Morgan fingerprint density at radius 1 is 0.804 bits per heavy atom. The average molecular weight is 781 g/mol. The number of imidazole rings is 1. The largest absolute Gasteiger partial charge is 3.00 e. The molecule has 0 spiro atoms.